The second-order valence-corrected chi connectivity index (χ2v) is 10.7. The molecule has 0 aromatic heterocycles. The molecule has 1 fully saturated rings. The molecule has 1 saturated heterocycles. The van der Waals surface area contributed by atoms with E-state index in [2.05, 4.69) is 30.9 Å². The minimum Gasteiger partial charge on any atom is -0.368 e. The predicted molar refractivity (Wildman–Crippen MR) is 135 cm³/mol. The lowest BCUT2D eigenvalue weighted by atomic mass is 10.1. The molecule has 3 aromatic carbocycles. The highest BCUT2D eigenvalue weighted by Gasteiger charge is 2.30. The van der Waals surface area contributed by atoms with E-state index in [9.17, 15) is 17.6 Å². The van der Waals surface area contributed by atoms with Gasteiger partial charge in [0.15, 0.2) is 0 Å². The number of hydrogen-bond donors (Lipinski definition) is 0. The van der Waals surface area contributed by atoms with Gasteiger partial charge in [-0.1, -0.05) is 42.5 Å². The van der Waals surface area contributed by atoms with Gasteiger partial charge in [0, 0.05) is 38.4 Å². The highest BCUT2D eigenvalue weighted by Crippen LogP contribution is 2.24. The number of hydrogen-bond acceptors (Lipinski definition) is 4. The van der Waals surface area contributed by atoms with Crippen LogP contribution in [0.1, 0.15) is 16.7 Å². The van der Waals surface area contributed by atoms with Crippen LogP contribution in [0.5, 0.6) is 0 Å². The van der Waals surface area contributed by atoms with Crippen LogP contribution in [0.3, 0.4) is 0 Å². The Morgan fingerprint density at radius 2 is 1.54 bits per heavy atom. The number of piperazine rings is 1. The molecule has 0 unspecified atom stereocenters. The average Bonchev–Trinajstić information content (AvgIpc) is 2.86. The molecule has 1 aliphatic heterocycles. The summed E-state index contributed by atoms with van der Waals surface area (Å²) >= 11 is 0. The minimum atomic E-state index is -4.01. The van der Waals surface area contributed by atoms with Crippen molar-refractivity contribution >= 4 is 21.6 Å². The van der Waals surface area contributed by atoms with Crippen LogP contribution in [0.25, 0.3) is 0 Å². The Hall–Kier alpha value is -3.23. The Kier molecular flexibility index (Phi) is 7.52. The molecule has 1 heterocycles. The standard InChI is InChI=1S/C27H30FN3O3S/c1-21-7-6-10-26(22(21)2)29-15-17-30(18-16-29)27(32)20-31(19-23-8-4-3-5-9-23)35(33,34)25-13-11-24(28)12-14-25/h3-14H,15-20H2,1-2H3. The van der Waals surface area contributed by atoms with Gasteiger partial charge in [0.25, 0.3) is 0 Å². The van der Waals surface area contributed by atoms with Crippen LogP contribution in [0, 0.1) is 19.7 Å². The molecule has 0 radical (unpaired) electrons. The summed E-state index contributed by atoms with van der Waals surface area (Å²) in [6.45, 7) is 6.35. The molecule has 3 aromatic rings. The fourth-order valence-corrected chi connectivity index (χ4v) is 5.67. The molecule has 184 valence electrons. The number of aryl methyl sites for hydroxylation is 1. The monoisotopic (exact) mass is 495 g/mol. The van der Waals surface area contributed by atoms with Crippen molar-refractivity contribution in [1.82, 2.24) is 9.21 Å². The first kappa shape index (κ1) is 24.9. The van der Waals surface area contributed by atoms with Crippen molar-refractivity contribution in [2.75, 3.05) is 37.6 Å². The third-order valence-corrected chi connectivity index (χ3v) is 8.32. The second kappa shape index (κ2) is 10.6. The quantitative estimate of drug-likeness (QED) is 0.498. The van der Waals surface area contributed by atoms with Crippen molar-refractivity contribution in [3.8, 4) is 0 Å². The average molecular weight is 496 g/mol. The van der Waals surface area contributed by atoms with Gasteiger partial charge in [-0.2, -0.15) is 4.31 Å². The van der Waals surface area contributed by atoms with Gasteiger partial charge < -0.3 is 9.80 Å². The molecule has 0 N–H and O–H groups in total. The largest absolute Gasteiger partial charge is 0.368 e. The summed E-state index contributed by atoms with van der Waals surface area (Å²) in [5.41, 5.74) is 4.39. The fourth-order valence-electron chi connectivity index (χ4n) is 4.29. The summed E-state index contributed by atoms with van der Waals surface area (Å²) in [7, 11) is -4.01. The second-order valence-electron chi connectivity index (χ2n) is 8.80. The SMILES string of the molecule is Cc1cccc(N2CCN(C(=O)CN(Cc3ccccc3)S(=O)(=O)c3ccc(F)cc3)CC2)c1C. The van der Waals surface area contributed by atoms with E-state index in [0.717, 1.165) is 17.7 Å². The lowest BCUT2D eigenvalue weighted by Crippen LogP contribution is -2.52. The number of rotatable bonds is 7. The van der Waals surface area contributed by atoms with Crippen molar-refractivity contribution < 1.29 is 17.6 Å². The number of halogens is 1. The maximum absolute atomic E-state index is 13.4. The summed E-state index contributed by atoms with van der Waals surface area (Å²) in [6.07, 6.45) is 0. The first-order valence-electron chi connectivity index (χ1n) is 11.6. The third kappa shape index (κ3) is 5.71. The van der Waals surface area contributed by atoms with E-state index in [1.165, 1.54) is 33.3 Å². The Morgan fingerprint density at radius 1 is 0.886 bits per heavy atom. The van der Waals surface area contributed by atoms with Gasteiger partial charge in [0.2, 0.25) is 15.9 Å². The van der Waals surface area contributed by atoms with Gasteiger partial charge in [-0.05, 0) is 60.9 Å². The van der Waals surface area contributed by atoms with E-state index in [1.807, 2.05) is 36.4 Å². The van der Waals surface area contributed by atoms with Gasteiger partial charge in [0.1, 0.15) is 5.82 Å². The van der Waals surface area contributed by atoms with E-state index in [-0.39, 0.29) is 23.9 Å². The molecule has 0 spiro atoms. The molecule has 4 rings (SSSR count). The first-order chi connectivity index (χ1) is 16.8. The summed E-state index contributed by atoms with van der Waals surface area (Å²) in [5, 5.41) is 0. The van der Waals surface area contributed by atoms with E-state index in [4.69, 9.17) is 0 Å². The highest BCUT2D eigenvalue weighted by molar-refractivity contribution is 7.89. The van der Waals surface area contributed by atoms with Crippen LogP contribution >= 0.6 is 0 Å². The molecule has 35 heavy (non-hydrogen) atoms. The number of carbonyl (C=O) groups is 1. The maximum Gasteiger partial charge on any atom is 0.243 e. The van der Waals surface area contributed by atoms with Crippen LogP contribution in [0.2, 0.25) is 0 Å². The van der Waals surface area contributed by atoms with Crippen LogP contribution in [0.4, 0.5) is 10.1 Å². The number of benzene rings is 3. The van der Waals surface area contributed by atoms with Crippen molar-refractivity contribution in [1.29, 1.82) is 0 Å². The number of nitrogens with zero attached hydrogens (tertiary/aromatic N) is 3. The summed E-state index contributed by atoms with van der Waals surface area (Å²) in [4.78, 5) is 17.2. The van der Waals surface area contributed by atoms with Gasteiger partial charge >= 0.3 is 0 Å². The lowest BCUT2D eigenvalue weighted by molar-refractivity contribution is -0.131. The molecule has 0 saturated carbocycles. The van der Waals surface area contributed by atoms with Gasteiger partial charge in [-0.25, -0.2) is 12.8 Å². The topological polar surface area (TPSA) is 60.9 Å². The third-order valence-electron chi connectivity index (χ3n) is 6.51. The van der Waals surface area contributed by atoms with Crippen molar-refractivity contribution in [3.63, 3.8) is 0 Å². The van der Waals surface area contributed by atoms with Crippen molar-refractivity contribution in [2.45, 2.75) is 25.3 Å². The van der Waals surface area contributed by atoms with E-state index >= 15 is 0 Å². The molecule has 6 nitrogen and oxygen atoms in total. The number of carbonyl (C=O) groups excluding carboxylic acids is 1. The summed E-state index contributed by atoms with van der Waals surface area (Å²) in [5.74, 6) is -0.761. The maximum atomic E-state index is 13.4. The molecular formula is C27H30FN3O3S. The zero-order valence-corrected chi connectivity index (χ0v) is 20.8. The molecular weight excluding hydrogens is 465 g/mol. The van der Waals surface area contributed by atoms with E-state index < -0.39 is 15.8 Å². The lowest BCUT2D eigenvalue weighted by Gasteiger charge is -2.37. The molecule has 8 heteroatoms. The summed E-state index contributed by atoms with van der Waals surface area (Å²) in [6, 6.07) is 20.0. The highest BCUT2D eigenvalue weighted by atomic mass is 32.2. The van der Waals surface area contributed by atoms with Crippen LogP contribution < -0.4 is 4.90 Å². The van der Waals surface area contributed by atoms with E-state index in [1.54, 1.807) is 4.90 Å². The molecule has 0 aliphatic carbocycles. The summed E-state index contributed by atoms with van der Waals surface area (Å²) < 4.78 is 41.4. The first-order valence-corrected chi connectivity index (χ1v) is 13.1. The normalized spacial score (nSPS) is 14.4. The predicted octanol–water partition coefficient (Wildman–Crippen LogP) is 3.98. The number of anilines is 1. The van der Waals surface area contributed by atoms with Crippen LogP contribution in [-0.2, 0) is 21.4 Å². The van der Waals surface area contributed by atoms with Crippen molar-refractivity contribution in [2.24, 2.45) is 0 Å². The Morgan fingerprint density at radius 3 is 2.20 bits per heavy atom. The van der Waals surface area contributed by atoms with Crippen LogP contribution in [0.15, 0.2) is 77.7 Å². The molecule has 0 atom stereocenters. The molecule has 1 aliphatic rings. The minimum absolute atomic E-state index is 0.0395. The number of sulfonamides is 1. The van der Waals surface area contributed by atoms with E-state index in [0.29, 0.717) is 26.2 Å². The Bertz CT molecular complexity index is 1270. The zero-order valence-electron chi connectivity index (χ0n) is 20.0. The van der Waals surface area contributed by atoms with Gasteiger partial charge in [0.05, 0.1) is 11.4 Å². The Labute approximate surface area is 206 Å². The molecule has 0 bridgehead atoms. The van der Waals surface area contributed by atoms with Crippen LogP contribution in [-0.4, -0.2) is 56.3 Å². The number of amides is 1. The van der Waals surface area contributed by atoms with Gasteiger partial charge in [-0.3, -0.25) is 4.79 Å². The zero-order chi connectivity index (χ0) is 25.0. The smallest absolute Gasteiger partial charge is 0.243 e. The van der Waals surface area contributed by atoms with Crippen molar-refractivity contribution in [3.05, 3.63) is 95.3 Å². The van der Waals surface area contributed by atoms with Gasteiger partial charge in [-0.15, -0.1) is 0 Å². The Balaban J connectivity index is 1.49. The fraction of sp³-hybridized carbons (Fsp3) is 0.296. The molecule has 1 amide bonds.